The van der Waals surface area contributed by atoms with Crippen molar-refractivity contribution in [3.8, 4) is 0 Å². The van der Waals surface area contributed by atoms with E-state index >= 15 is 0 Å². The van der Waals surface area contributed by atoms with Crippen LogP contribution >= 0.6 is 0 Å². The summed E-state index contributed by atoms with van der Waals surface area (Å²) < 4.78 is 6.85. The van der Waals surface area contributed by atoms with E-state index in [1.54, 1.807) is 30.6 Å². The lowest BCUT2D eigenvalue weighted by Crippen LogP contribution is -2.15. The fraction of sp³-hybridized carbons (Fsp3) is 0.188. The first-order chi connectivity index (χ1) is 11.2. The molecule has 2 heterocycles. The van der Waals surface area contributed by atoms with Gasteiger partial charge in [-0.1, -0.05) is 18.2 Å². The highest BCUT2D eigenvalue weighted by molar-refractivity contribution is 6.06. The molecule has 0 saturated heterocycles. The Morgan fingerprint density at radius 3 is 2.83 bits per heavy atom. The first-order valence-electron chi connectivity index (χ1n) is 7.12. The van der Waals surface area contributed by atoms with Crippen LogP contribution < -0.4 is 5.32 Å². The SMILES string of the molecule is [CH2]O[C@H](C)Cn1cnc2c(NC(=O)c3ccccc3)ncnc21. The zero-order valence-corrected chi connectivity index (χ0v) is 12.6. The molecule has 0 unspecified atom stereocenters. The van der Waals surface area contributed by atoms with Crippen molar-refractivity contribution >= 4 is 22.9 Å². The molecule has 0 aliphatic heterocycles. The van der Waals surface area contributed by atoms with Gasteiger partial charge in [0.1, 0.15) is 6.33 Å². The lowest BCUT2D eigenvalue weighted by atomic mass is 10.2. The molecule has 117 valence electrons. The lowest BCUT2D eigenvalue weighted by Gasteiger charge is -2.10. The molecule has 1 amide bonds. The summed E-state index contributed by atoms with van der Waals surface area (Å²) >= 11 is 0. The van der Waals surface area contributed by atoms with E-state index in [1.165, 1.54) is 6.33 Å². The summed E-state index contributed by atoms with van der Waals surface area (Å²) in [4.78, 5) is 24.9. The van der Waals surface area contributed by atoms with Crippen molar-refractivity contribution in [3.05, 3.63) is 55.7 Å². The number of rotatable bonds is 5. The van der Waals surface area contributed by atoms with Crippen LogP contribution in [0.15, 0.2) is 43.0 Å². The number of amides is 1. The molecule has 0 aliphatic rings. The predicted molar refractivity (Wildman–Crippen MR) is 85.6 cm³/mol. The van der Waals surface area contributed by atoms with Gasteiger partial charge in [0, 0.05) is 5.56 Å². The van der Waals surface area contributed by atoms with Crippen LogP contribution in [0.3, 0.4) is 0 Å². The van der Waals surface area contributed by atoms with Crippen molar-refractivity contribution in [1.82, 2.24) is 19.5 Å². The minimum absolute atomic E-state index is 0.0790. The first kappa shape index (κ1) is 15.1. The van der Waals surface area contributed by atoms with Crippen LogP contribution in [0, 0.1) is 7.11 Å². The van der Waals surface area contributed by atoms with E-state index in [9.17, 15) is 4.79 Å². The molecule has 0 aliphatic carbocycles. The number of hydrogen-bond donors (Lipinski definition) is 1. The van der Waals surface area contributed by atoms with Crippen LogP contribution in [0.4, 0.5) is 5.82 Å². The molecular formula is C16H16N5O2. The summed E-state index contributed by atoms with van der Waals surface area (Å²) in [5, 5.41) is 2.77. The molecule has 3 aromatic rings. The van der Waals surface area contributed by atoms with Gasteiger partial charge in [-0.25, -0.2) is 15.0 Å². The number of imidazole rings is 1. The van der Waals surface area contributed by atoms with Crippen LogP contribution in [0.1, 0.15) is 17.3 Å². The second kappa shape index (κ2) is 6.53. The molecule has 7 nitrogen and oxygen atoms in total. The quantitative estimate of drug-likeness (QED) is 0.782. The Kier molecular flexibility index (Phi) is 4.29. The highest BCUT2D eigenvalue weighted by Crippen LogP contribution is 2.18. The minimum atomic E-state index is -0.241. The van der Waals surface area contributed by atoms with Crippen molar-refractivity contribution in [3.63, 3.8) is 0 Å². The third-order valence-electron chi connectivity index (χ3n) is 3.41. The summed E-state index contributed by atoms with van der Waals surface area (Å²) in [6, 6.07) is 8.94. The maximum absolute atomic E-state index is 12.3. The highest BCUT2D eigenvalue weighted by atomic mass is 16.5. The van der Waals surface area contributed by atoms with E-state index in [-0.39, 0.29) is 12.0 Å². The molecule has 0 bridgehead atoms. The highest BCUT2D eigenvalue weighted by Gasteiger charge is 2.14. The van der Waals surface area contributed by atoms with E-state index in [0.29, 0.717) is 29.1 Å². The molecule has 3 rings (SSSR count). The van der Waals surface area contributed by atoms with Crippen molar-refractivity contribution in [2.45, 2.75) is 19.6 Å². The Hall–Kier alpha value is -2.80. The average Bonchev–Trinajstić information content (AvgIpc) is 2.99. The number of nitrogens with one attached hydrogen (secondary N) is 1. The van der Waals surface area contributed by atoms with Gasteiger partial charge in [0.2, 0.25) is 0 Å². The van der Waals surface area contributed by atoms with Crippen molar-refractivity contribution in [1.29, 1.82) is 0 Å². The summed E-state index contributed by atoms with van der Waals surface area (Å²) in [5.74, 6) is 0.139. The van der Waals surface area contributed by atoms with Gasteiger partial charge in [-0.3, -0.25) is 4.79 Å². The Morgan fingerprint density at radius 1 is 1.30 bits per heavy atom. The third-order valence-corrected chi connectivity index (χ3v) is 3.41. The molecule has 7 heteroatoms. The van der Waals surface area contributed by atoms with Gasteiger partial charge in [0.15, 0.2) is 17.0 Å². The molecule has 0 fully saturated rings. The number of benzene rings is 1. The standard InChI is InChI=1S/C16H16N5O2/c1-11(23-2)8-21-10-19-13-14(17-9-18-15(13)21)20-16(22)12-6-4-3-5-7-12/h3-7,9-11H,2,8H2,1H3,(H,17,18,20,22)/t11-/m1/s1. The summed E-state index contributed by atoms with van der Waals surface area (Å²) in [7, 11) is 3.41. The first-order valence-corrected chi connectivity index (χ1v) is 7.12. The second-order valence-electron chi connectivity index (χ2n) is 5.09. The molecule has 0 spiro atoms. The maximum atomic E-state index is 12.3. The number of carbonyl (C=O) groups is 1. The van der Waals surface area contributed by atoms with E-state index in [4.69, 9.17) is 4.74 Å². The van der Waals surface area contributed by atoms with Gasteiger partial charge in [-0.2, -0.15) is 0 Å². The molecule has 1 radical (unpaired) electrons. The van der Waals surface area contributed by atoms with Crippen LogP contribution in [0.2, 0.25) is 0 Å². The van der Waals surface area contributed by atoms with Crippen LogP contribution in [0.25, 0.3) is 11.2 Å². The van der Waals surface area contributed by atoms with Gasteiger partial charge in [-0.15, -0.1) is 0 Å². The Morgan fingerprint density at radius 2 is 2.09 bits per heavy atom. The van der Waals surface area contributed by atoms with E-state index < -0.39 is 0 Å². The maximum Gasteiger partial charge on any atom is 0.256 e. The Balaban J connectivity index is 1.89. The molecular weight excluding hydrogens is 294 g/mol. The number of fused-ring (bicyclic) bond motifs is 1. The largest absolute Gasteiger partial charge is 0.374 e. The van der Waals surface area contributed by atoms with E-state index in [1.807, 2.05) is 17.6 Å². The molecule has 2 aromatic heterocycles. The zero-order valence-electron chi connectivity index (χ0n) is 12.6. The van der Waals surface area contributed by atoms with Crippen molar-refractivity contribution in [2.75, 3.05) is 5.32 Å². The summed E-state index contributed by atoms with van der Waals surface area (Å²) in [6.07, 6.45) is 2.97. The Labute approximate surface area is 133 Å². The van der Waals surface area contributed by atoms with Crippen molar-refractivity contribution in [2.24, 2.45) is 0 Å². The van der Waals surface area contributed by atoms with Crippen molar-refractivity contribution < 1.29 is 9.53 Å². The van der Waals surface area contributed by atoms with Gasteiger partial charge >= 0.3 is 0 Å². The molecule has 1 atom stereocenters. The Bertz CT molecular complexity index is 816. The number of nitrogens with zero attached hydrogens (tertiary/aromatic N) is 4. The molecule has 1 aromatic carbocycles. The minimum Gasteiger partial charge on any atom is -0.374 e. The number of ether oxygens (including phenoxy) is 1. The second-order valence-corrected chi connectivity index (χ2v) is 5.09. The molecule has 23 heavy (non-hydrogen) atoms. The summed E-state index contributed by atoms with van der Waals surface area (Å²) in [6.45, 7) is 2.46. The van der Waals surface area contributed by atoms with E-state index in [2.05, 4.69) is 27.4 Å². The number of aromatic nitrogens is 4. The van der Waals surface area contributed by atoms with Gasteiger partial charge < -0.3 is 14.6 Å². The van der Waals surface area contributed by atoms with Gasteiger partial charge in [-0.05, 0) is 19.1 Å². The van der Waals surface area contributed by atoms with Gasteiger partial charge in [0.05, 0.1) is 26.1 Å². The van der Waals surface area contributed by atoms with E-state index in [0.717, 1.165) is 0 Å². The zero-order chi connectivity index (χ0) is 16.2. The lowest BCUT2D eigenvalue weighted by molar-refractivity contribution is 0.102. The fourth-order valence-corrected chi connectivity index (χ4v) is 2.20. The number of anilines is 1. The summed E-state index contributed by atoms with van der Waals surface area (Å²) in [5.41, 5.74) is 1.72. The van der Waals surface area contributed by atoms with Gasteiger partial charge in [0.25, 0.3) is 5.91 Å². The fourth-order valence-electron chi connectivity index (χ4n) is 2.20. The average molecular weight is 310 g/mol. The smallest absolute Gasteiger partial charge is 0.256 e. The third kappa shape index (κ3) is 3.19. The normalized spacial score (nSPS) is 12.3. The molecule has 1 N–H and O–H groups in total. The van der Waals surface area contributed by atoms with Crippen LogP contribution in [0.5, 0.6) is 0 Å². The predicted octanol–water partition coefficient (Wildman–Crippen LogP) is 2.28. The molecule has 0 saturated carbocycles. The topological polar surface area (TPSA) is 81.9 Å². The number of carbonyl (C=O) groups excluding carboxylic acids is 1. The monoisotopic (exact) mass is 310 g/mol. The van der Waals surface area contributed by atoms with Crippen LogP contribution in [-0.2, 0) is 11.3 Å². The van der Waals surface area contributed by atoms with Crippen LogP contribution in [-0.4, -0.2) is 31.5 Å². The number of hydrogen-bond acceptors (Lipinski definition) is 5.